The number of rotatable bonds is 7. The van der Waals surface area contributed by atoms with Gasteiger partial charge < -0.3 is 20.1 Å². The maximum atomic E-state index is 5.69. The van der Waals surface area contributed by atoms with Gasteiger partial charge in [0.1, 0.15) is 0 Å². The Labute approximate surface area is 155 Å². The van der Waals surface area contributed by atoms with E-state index in [9.17, 15) is 0 Å². The van der Waals surface area contributed by atoms with Gasteiger partial charge in [-0.15, -0.1) is 0 Å². The zero-order valence-electron chi connectivity index (χ0n) is 15.3. The molecule has 0 radical (unpaired) electrons. The molecule has 134 valence electrons. The Morgan fingerprint density at radius 1 is 1.00 bits per heavy atom. The van der Waals surface area contributed by atoms with Crippen molar-refractivity contribution in [3.8, 4) is 11.5 Å². The van der Waals surface area contributed by atoms with Crippen molar-refractivity contribution in [3.63, 3.8) is 0 Å². The minimum atomic E-state index is 0.0420. The molecule has 2 aromatic rings. The molecule has 0 bridgehead atoms. The van der Waals surface area contributed by atoms with Crippen LogP contribution in [0.3, 0.4) is 0 Å². The number of ether oxygens (including phenoxy) is 2. The predicted octanol–water partition coefficient (Wildman–Crippen LogP) is 4.84. The number of anilines is 1. The van der Waals surface area contributed by atoms with Gasteiger partial charge in [0.05, 0.1) is 19.3 Å². The molecule has 2 aromatic carbocycles. The van der Waals surface area contributed by atoms with Crippen LogP contribution in [0, 0.1) is 6.92 Å². The Morgan fingerprint density at radius 3 is 2.28 bits per heavy atom. The van der Waals surface area contributed by atoms with Crippen LogP contribution < -0.4 is 20.1 Å². The maximum Gasteiger partial charge on any atom is 0.171 e. The van der Waals surface area contributed by atoms with Gasteiger partial charge in [-0.25, -0.2) is 0 Å². The second kappa shape index (κ2) is 9.28. The fourth-order valence-corrected chi connectivity index (χ4v) is 2.72. The minimum Gasteiger partial charge on any atom is -0.490 e. The molecule has 0 heterocycles. The van der Waals surface area contributed by atoms with Gasteiger partial charge in [-0.1, -0.05) is 23.8 Å². The van der Waals surface area contributed by atoms with E-state index in [4.69, 9.17) is 21.7 Å². The first-order chi connectivity index (χ1) is 12.0. The predicted molar refractivity (Wildman–Crippen MR) is 108 cm³/mol. The van der Waals surface area contributed by atoms with Crippen LogP contribution in [0.2, 0.25) is 0 Å². The summed E-state index contributed by atoms with van der Waals surface area (Å²) in [5.74, 6) is 1.52. The SMILES string of the molecule is CCOc1ccc([C@H](C)NC(=S)Nc2ccc(C)cc2)cc1OCC. The zero-order chi connectivity index (χ0) is 18.2. The van der Waals surface area contributed by atoms with E-state index in [1.54, 1.807) is 0 Å². The first-order valence-electron chi connectivity index (χ1n) is 8.57. The number of aryl methyl sites for hydroxylation is 1. The van der Waals surface area contributed by atoms with Crippen LogP contribution in [0.1, 0.15) is 37.9 Å². The summed E-state index contributed by atoms with van der Waals surface area (Å²) in [5.41, 5.74) is 3.27. The van der Waals surface area contributed by atoms with E-state index in [2.05, 4.69) is 36.6 Å². The van der Waals surface area contributed by atoms with Crippen molar-refractivity contribution >= 4 is 23.0 Å². The first kappa shape index (κ1) is 19.1. The van der Waals surface area contributed by atoms with Crippen LogP contribution >= 0.6 is 12.2 Å². The third kappa shape index (κ3) is 5.64. The van der Waals surface area contributed by atoms with Crippen molar-refractivity contribution < 1.29 is 9.47 Å². The third-order valence-corrected chi connectivity index (χ3v) is 3.94. The highest BCUT2D eigenvalue weighted by Crippen LogP contribution is 2.30. The average molecular weight is 359 g/mol. The molecule has 0 aliphatic rings. The van der Waals surface area contributed by atoms with Gasteiger partial charge in [0.2, 0.25) is 0 Å². The minimum absolute atomic E-state index is 0.0420. The quantitative estimate of drug-likeness (QED) is 0.693. The highest BCUT2D eigenvalue weighted by Gasteiger charge is 2.12. The second-order valence-electron chi connectivity index (χ2n) is 5.76. The normalized spacial score (nSPS) is 11.5. The van der Waals surface area contributed by atoms with Gasteiger partial charge in [-0.3, -0.25) is 0 Å². The lowest BCUT2D eigenvalue weighted by molar-refractivity contribution is 0.287. The molecule has 0 amide bonds. The Balaban J connectivity index is 2.03. The largest absolute Gasteiger partial charge is 0.490 e. The molecule has 2 rings (SSSR count). The van der Waals surface area contributed by atoms with Crippen LogP contribution in [-0.2, 0) is 0 Å². The van der Waals surface area contributed by atoms with Crippen LogP contribution in [0.15, 0.2) is 42.5 Å². The van der Waals surface area contributed by atoms with Crippen molar-refractivity contribution in [3.05, 3.63) is 53.6 Å². The van der Waals surface area contributed by atoms with Gasteiger partial charge >= 0.3 is 0 Å². The molecule has 25 heavy (non-hydrogen) atoms. The molecule has 0 aromatic heterocycles. The molecule has 0 saturated heterocycles. The lowest BCUT2D eigenvalue weighted by Gasteiger charge is -2.19. The van der Waals surface area contributed by atoms with Crippen molar-refractivity contribution in [1.82, 2.24) is 5.32 Å². The maximum absolute atomic E-state index is 5.69. The standard InChI is InChI=1S/C20H26N2O2S/c1-5-23-18-12-9-16(13-19(18)24-6-2)15(4)21-20(25)22-17-10-7-14(3)8-11-17/h7-13,15H,5-6H2,1-4H3,(H2,21,22,25)/t15-/m0/s1. The Morgan fingerprint density at radius 2 is 1.64 bits per heavy atom. The number of thiocarbonyl (C=S) groups is 1. The van der Waals surface area contributed by atoms with E-state index in [0.29, 0.717) is 18.3 Å². The molecular formula is C20H26N2O2S. The van der Waals surface area contributed by atoms with E-state index in [1.165, 1.54) is 5.56 Å². The average Bonchev–Trinajstić information content (AvgIpc) is 2.59. The zero-order valence-corrected chi connectivity index (χ0v) is 16.1. The molecule has 0 saturated carbocycles. The highest BCUT2D eigenvalue weighted by atomic mass is 32.1. The van der Waals surface area contributed by atoms with Gasteiger partial charge in [0.15, 0.2) is 16.6 Å². The molecule has 0 aliphatic heterocycles. The molecule has 5 heteroatoms. The van der Waals surface area contributed by atoms with E-state index in [-0.39, 0.29) is 6.04 Å². The Kier molecular flexibility index (Phi) is 7.07. The molecular weight excluding hydrogens is 332 g/mol. The molecule has 2 N–H and O–H groups in total. The summed E-state index contributed by atoms with van der Waals surface area (Å²) in [6, 6.07) is 14.1. The topological polar surface area (TPSA) is 42.5 Å². The van der Waals surface area contributed by atoms with Crippen LogP contribution in [0.5, 0.6) is 11.5 Å². The van der Waals surface area contributed by atoms with Crippen LogP contribution in [0.4, 0.5) is 5.69 Å². The summed E-state index contributed by atoms with van der Waals surface area (Å²) in [6.45, 7) is 9.25. The second-order valence-corrected chi connectivity index (χ2v) is 6.17. The summed E-state index contributed by atoms with van der Waals surface area (Å²) in [7, 11) is 0. The van der Waals surface area contributed by atoms with Crippen LogP contribution in [-0.4, -0.2) is 18.3 Å². The lowest BCUT2D eigenvalue weighted by Crippen LogP contribution is -2.30. The van der Waals surface area contributed by atoms with E-state index in [0.717, 1.165) is 22.7 Å². The highest BCUT2D eigenvalue weighted by molar-refractivity contribution is 7.80. The van der Waals surface area contributed by atoms with E-state index < -0.39 is 0 Å². The number of hydrogen-bond acceptors (Lipinski definition) is 3. The summed E-state index contributed by atoms with van der Waals surface area (Å²) >= 11 is 5.42. The Hall–Kier alpha value is -2.27. The first-order valence-corrected chi connectivity index (χ1v) is 8.98. The lowest BCUT2D eigenvalue weighted by atomic mass is 10.1. The number of hydrogen-bond donors (Lipinski definition) is 2. The van der Waals surface area contributed by atoms with Gasteiger partial charge in [-0.2, -0.15) is 0 Å². The van der Waals surface area contributed by atoms with Gasteiger partial charge in [0.25, 0.3) is 0 Å². The van der Waals surface area contributed by atoms with Crippen molar-refractivity contribution in [1.29, 1.82) is 0 Å². The number of nitrogens with one attached hydrogen (secondary N) is 2. The molecule has 1 atom stereocenters. The number of benzene rings is 2. The van der Waals surface area contributed by atoms with E-state index >= 15 is 0 Å². The third-order valence-electron chi connectivity index (χ3n) is 3.72. The van der Waals surface area contributed by atoms with Gasteiger partial charge in [0, 0.05) is 5.69 Å². The molecule has 0 spiro atoms. The molecule has 0 fully saturated rings. The fraction of sp³-hybridized carbons (Fsp3) is 0.350. The molecule has 0 aliphatic carbocycles. The summed E-state index contributed by atoms with van der Waals surface area (Å²) in [4.78, 5) is 0. The van der Waals surface area contributed by atoms with Crippen molar-refractivity contribution in [2.75, 3.05) is 18.5 Å². The summed E-state index contributed by atoms with van der Waals surface area (Å²) < 4.78 is 11.3. The summed E-state index contributed by atoms with van der Waals surface area (Å²) in [5, 5.41) is 7.10. The molecule has 4 nitrogen and oxygen atoms in total. The van der Waals surface area contributed by atoms with Crippen LogP contribution in [0.25, 0.3) is 0 Å². The smallest absolute Gasteiger partial charge is 0.171 e. The summed E-state index contributed by atoms with van der Waals surface area (Å²) in [6.07, 6.45) is 0. The van der Waals surface area contributed by atoms with E-state index in [1.807, 2.05) is 44.2 Å². The fourth-order valence-electron chi connectivity index (χ4n) is 2.42. The Bertz CT molecular complexity index is 701. The van der Waals surface area contributed by atoms with Crippen molar-refractivity contribution in [2.45, 2.75) is 33.7 Å². The van der Waals surface area contributed by atoms with Crippen molar-refractivity contribution in [2.24, 2.45) is 0 Å². The monoisotopic (exact) mass is 358 g/mol. The van der Waals surface area contributed by atoms with Gasteiger partial charge in [-0.05, 0) is 69.7 Å². The molecule has 0 unspecified atom stereocenters.